The van der Waals surface area contributed by atoms with Crippen LogP contribution in [0.25, 0.3) is 0 Å². The SMILES string of the molecule is CCC[C@H]1CN(c2nc(N)c(C(=O)NCC(N)=O)nc2Cl)CCN1C1CCN(Cc2ccc(Cl)cc2)CC1. The van der Waals surface area contributed by atoms with Gasteiger partial charge in [0, 0.05) is 43.3 Å². The minimum absolute atomic E-state index is 0.0334. The Bertz CT molecular complexity index is 1120. The Kier molecular flexibility index (Phi) is 9.64. The molecule has 10 nitrogen and oxygen atoms in total. The van der Waals surface area contributed by atoms with Gasteiger partial charge in [0.2, 0.25) is 5.91 Å². The van der Waals surface area contributed by atoms with Gasteiger partial charge in [-0.3, -0.25) is 19.4 Å². The molecule has 2 fully saturated rings. The van der Waals surface area contributed by atoms with E-state index < -0.39 is 11.8 Å². The summed E-state index contributed by atoms with van der Waals surface area (Å²) in [7, 11) is 0. The highest BCUT2D eigenvalue weighted by molar-refractivity contribution is 6.32. The molecule has 2 aliphatic heterocycles. The number of piperidine rings is 1. The molecule has 0 spiro atoms. The van der Waals surface area contributed by atoms with E-state index in [-0.39, 0.29) is 23.2 Å². The van der Waals surface area contributed by atoms with Crippen molar-refractivity contribution in [2.75, 3.05) is 49.9 Å². The molecule has 0 aliphatic carbocycles. The second-order valence-electron chi connectivity index (χ2n) is 9.98. The summed E-state index contributed by atoms with van der Waals surface area (Å²) < 4.78 is 0. The van der Waals surface area contributed by atoms with Gasteiger partial charge in [-0.1, -0.05) is 48.7 Å². The molecule has 0 radical (unpaired) electrons. The van der Waals surface area contributed by atoms with Crippen molar-refractivity contribution in [2.45, 2.75) is 51.2 Å². The first-order valence-corrected chi connectivity index (χ1v) is 13.9. The van der Waals surface area contributed by atoms with Gasteiger partial charge in [-0.2, -0.15) is 0 Å². The molecule has 12 heteroatoms. The van der Waals surface area contributed by atoms with Crippen molar-refractivity contribution >= 4 is 46.7 Å². The van der Waals surface area contributed by atoms with Gasteiger partial charge < -0.3 is 21.7 Å². The van der Waals surface area contributed by atoms with E-state index in [0.717, 1.165) is 70.0 Å². The largest absolute Gasteiger partial charge is 0.382 e. The third-order valence-corrected chi connectivity index (χ3v) is 7.80. The first-order chi connectivity index (χ1) is 18.2. The summed E-state index contributed by atoms with van der Waals surface area (Å²) in [5, 5.41) is 3.25. The van der Waals surface area contributed by atoms with Gasteiger partial charge in [-0.25, -0.2) is 9.97 Å². The third kappa shape index (κ3) is 7.05. The number of nitrogens with two attached hydrogens (primary N) is 2. The third-order valence-electron chi connectivity index (χ3n) is 7.30. The Morgan fingerprint density at radius 1 is 1.08 bits per heavy atom. The number of hydrogen-bond acceptors (Lipinski definition) is 8. The second kappa shape index (κ2) is 12.9. The number of nitrogens with zero attached hydrogens (tertiary/aromatic N) is 5. The van der Waals surface area contributed by atoms with Crippen LogP contribution in [0, 0.1) is 0 Å². The molecule has 2 amide bonds. The average Bonchev–Trinajstić information content (AvgIpc) is 2.90. The van der Waals surface area contributed by atoms with Crippen LogP contribution in [0.15, 0.2) is 24.3 Å². The summed E-state index contributed by atoms with van der Waals surface area (Å²) in [4.78, 5) is 39.2. The molecule has 0 bridgehead atoms. The Labute approximate surface area is 233 Å². The standard InChI is InChI=1S/C26H36Cl2N8O2/c1-2-3-20-16-35(25-23(28)32-22(24(30)33-25)26(38)31-14-21(29)37)12-13-36(20)19-8-10-34(11-9-19)15-17-4-6-18(27)7-5-17/h4-7,19-20H,2-3,8-16H2,1H3,(H2,29,37)(H2,30,33)(H,31,38)/t20-/m0/s1. The van der Waals surface area contributed by atoms with Crippen molar-refractivity contribution in [2.24, 2.45) is 5.73 Å². The first-order valence-electron chi connectivity index (χ1n) is 13.1. The zero-order valence-electron chi connectivity index (χ0n) is 21.7. The molecule has 206 valence electrons. The highest BCUT2D eigenvalue weighted by Crippen LogP contribution is 2.30. The van der Waals surface area contributed by atoms with Crippen LogP contribution < -0.4 is 21.7 Å². The molecule has 0 saturated carbocycles. The molecule has 0 unspecified atom stereocenters. The van der Waals surface area contributed by atoms with Crippen molar-refractivity contribution in [3.63, 3.8) is 0 Å². The molecule has 2 aliphatic rings. The minimum Gasteiger partial charge on any atom is -0.382 e. The first kappa shape index (κ1) is 28.4. The number of nitrogens with one attached hydrogen (secondary N) is 1. The number of rotatable bonds is 9. The van der Waals surface area contributed by atoms with E-state index in [0.29, 0.717) is 17.9 Å². The smallest absolute Gasteiger partial charge is 0.274 e. The number of carbonyl (C=O) groups excluding carboxylic acids is 2. The number of piperazine rings is 1. The summed E-state index contributed by atoms with van der Waals surface area (Å²) >= 11 is 12.5. The van der Waals surface area contributed by atoms with E-state index >= 15 is 0 Å². The fraction of sp³-hybridized carbons (Fsp3) is 0.538. The Morgan fingerprint density at radius 3 is 2.45 bits per heavy atom. The van der Waals surface area contributed by atoms with E-state index in [2.05, 4.69) is 49.0 Å². The summed E-state index contributed by atoms with van der Waals surface area (Å²) in [5.74, 6) is -0.860. The van der Waals surface area contributed by atoms with Crippen molar-refractivity contribution < 1.29 is 9.59 Å². The number of amides is 2. The van der Waals surface area contributed by atoms with Gasteiger partial charge in [-0.15, -0.1) is 0 Å². The van der Waals surface area contributed by atoms with Crippen LogP contribution in [0.3, 0.4) is 0 Å². The Morgan fingerprint density at radius 2 is 1.79 bits per heavy atom. The lowest BCUT2D eigenvalue weighted by Crippen LogP contribution is -2.58. The van der Waals surface area contributed by atoms with Gasteiger partial charge >= 0.3 is 0 Å². The van der Waals surface area contributed by atoms with Crippen molar-refractivity contribution in [1.29, 1.82) is 0 Å². The topological polar surface area (TPSA) is 134 Å². The molecule has 38 heavy (non-hydrogen) atoms. The van der Waals surface area contributed by atoms with Gasteiger partial charge in [0.15, 0.2) is 22.5 Å². The lowest BCUT2D eigenvalue weighted by Gasteiger charge is -2.48. The van der Waals surface area contributed by atoms with E-state index in [1.165, 1.54) is 5.56 Å². The molecular formula is C26H36Cl2N8O2. The zero-order valence-corrected chi connectivity index (χ0v) is 23.2. The maximum Gasteiger partial charge on any atom is 0.274 e. The normalized spacial score (nSPS) is 19.4. The number of hydrogen-bond donors (Lipinski definition) is 3. The molecule has 2 aromatic rings. The fourth-order valence-electron chi connectivity index (χ4n) is 5.43. The summed E-state index contributed by atoms with van der Waals surface area (Å²) in [6.07, 6.45) is 4.41. The quantitative estimate of drug-likeness (QED) is 0.424. The van der Waals surface area contributed by atoms with E-state index in [1.54, 1.807) is 0 Å². The zero-order chi connectivity index (χ0) is 27.2. The number of halogens is 2. The molecule has 1 aromatic carbocycles. The predicted molar refractivity (Wildman–Crippen MR) is 150 cm³/mol. The van der Waals surface area contributed by atoms with Crippen LogP contribution in [0.1, 0.15) is 48.7 Å². The van der Waals surface area contributed by atoms with E-state index in [4.69, 9.17) is 34.7 Å². The molecule has 2 saturated heterocycles. The monoisotopic (exact) mass is 562 g/mol. The predicted octanol–water partition coefficient (Wildman–Crippen LogP) is 2.54. The van der Waals surface area contributed by atoms with Crippen LogP contribution in [0.2, 0.25) is 10.2 Å². The van der Waals surface area contributed by atoms with Gasteiger partial charge in [0.05, 0.1) is 6.54 Å². The number of likely N-dealkylation sites (tertiary alicyclic amines) is 1. The minimum atomic E-state index is -0.667. The Hall–Kier alpha value is -2.66. The van der Waals surface area contributed by atoms with Crippen LogP contribution in [0.4, 0.5) is 11.6 Å². The van der Waals surface area contributed by atoms with Crippen molar-refractivity contribution in [3.8, 4) is 0 Å². The highest BCUT2D eigenvalue weighted by Gasteiger charge is 2.35. The lowest BCUT2D eigenvalue weighted by atomic mass is 9.97. The number of nitrogen functional groups attached to an aromatic ring is 1. The number of benzene rings is 1. The molecular weight excluding hydrogens is 527 g/mol. The van der Waals surface area contributed by atoms with Crippen molar-refractivity contribution in [1.82, 2.24) is 25.1 Å². The van der Waals surface area contributed by atoms with Crippen LogP contribution >= 0.6 is 23.2 Å². The maximum atomic E-state index is 12.3. The second-order valence-corrected chi connectivity index (χ2v) is 10.8. The molecule has 3 heterocycles. The summed E-state index contributed by atoms with van der Waals surface area (Å²) in [6.45, 7) is 7.37. The van der Waals surface area contributed by atoms with E-state index in [1.807, 2.05) is 12.1 Å². The number of anilines is 2. The molecule has 4 rings (SSSR count). The maximum absolute atomic E-state index is 12.3. The van der Waals surface area contributed by atoms with Crippen molar-refractivity contribution in [3.05, 3.63) is 45.7 Å². The number of carbonyl (C=O) groups is 2. The van der Waals surface area contributed by atoms with Gasteiger partial charge in [-0.05, 0) is 50.0 Å². The number of primary amides is 1. The molecule has 1 aromatic heterocycles. The summed E-state index contributed by atoms with van der Waals surface area (Å²) in [5.41, 5.74) is 12.3. The lowest BCUT2D eigenvalue weighted by molar-refractivity contribution is -0.117. The number of aromatic nitrogens is 2. The summed E-state index contributed by atoms with van der Waals surface area (Å²) in [6, 6.07) is 9.01. The van der Waals surface area contributed by atoms with Crippen LogP contribution in [-0.4, -0.2) is 82.9 Å². The molecule has 5 N–H and O–H groups in total. The van der Waals surface area contributed by atoms with Crippen LogP contribution in [-0.2, 0) is 11.3 Å². The van der Waals surface area contributed by atoms with Crippen LogP contribution in [0.5, 0.6) is 0 Å². The van der Waals surface area contributed by atoms with Gasteiger partial charge in [0.1, 0.15) is 0 Å². The fourth-order valence-corrected chi connectivity index (χ4v) is 5.80. The average molecular weight is 564 g/mol. The Balaban J connectivity index is 1.38. The molecule has 1 atom stereocenters. The highest BCUT2D eigenvalue weighted by atomic mass is 35.5. The van der Waals surface area contributed by atoms with E-state index in [9.17, 15) is 9.59 Å². The van der Waals surface area contributed by atoms with Gasteiger partial charge in [0.25, 0.3) is 5.91 Å².